The molecule has 1 aliphatic rings. The van der Waals surface area contributed by atoms with Crippen LogP contribution in [-0.2, 0) is 0 Å². The summed E-state index contributed by atoms with van der Waals surface area (Å²) in [5.74, 6) is 1.11. The number of hydrogen-bond acceptors (Lipinski definition) is 3. The van der Waals surface area contributed by atoms with Crippen LogP contribution in [0, 0.1) is 12.3 Å². The summed E-state index contributed by atoms with van der Waals surface area (Å²) < 4.78 is 5.29. The number of carbonyl (C=O) groups is 1. The summed E-state index contributed by atoms with van der Waals surface area (Å²) in [5, 5.41) is 7.05. The van der Waals surface area contributed by atoms with Gasteiger partial charge in [-0.3, -0.25) is 4.79 Å². The van der Waals surface area contributed by atoms with Crippen LogP contribution in [0.1, 0.15) is 72.9 Å². The van der Waals surface area contributed by atoms with Gasteiger partial charge in [-0.2, -0.15) is 0 Å². The van der Waals surface area contributed by atoms with Gasteiger partial charge in [-0.15, -0.1) is 0 Å². The van der Waals surface area contributed by atoms with E-state index in [1.165, 1.54) is 5.56 Å². The summed E-state index contributed by atoms with van der Waals surface area (Å²) >= 11 is 0. The third kappa shape index (κ3) is 3.63. The molecule has 4 heteroatoms. The van der Waals surface area contributed by atoms with Crippen LogP contribution in [-0.4, -0.2) is 11.1 Å². The Morgan fingerprint density at radius 1 is 1.26 bits per heavy atom. The quantitative estimate of drug-likeness (QED) is 0.911. The maximum atomic E-state index is 12.6. The van der Waals surface area contributed by atoms with Crippen LogP contribution >= 0.6 is 0 Å². The van der Waals surface area contributed by atoms with Gasteiger partial charge in [0, 0.05) is 12.0 Å². The molecule has 0 bridgehead atoms. The fourth-order valence-electron chi connectivity index (χ4n) is 2.72. The molecule has 3 rings (SSSR count). The highest BCUT2D eigenvalue weighted by Gasteiger charge is 2.31. The lowest BCUT2D eigenvalue weighted by molar-refractivity contribution is 0.0892. The first-order chi connectivity index (χ1) is 10.8. The Balaban J connectivity index is 1.79. The lowest BCUT2D eigenvalue weighted by atomic mass is 9.82. The summed E-state index contributed by atoms with van der Waals surface area (Å²) in [4.78, 5) is 12.6. The molecule has 1 N–H and O–H groups in total. The van der Waals surface area contributed by atoms with E-state index in [2.05, 4.69) is 62.4 Å². The zero-order valence-electron chi connectivity index (χ0n) is 14.2. The predicted octanol–water partition coefficient (Wildman–Crippen LogP) is 4.38. The molecule has 2 aromatic rings. The number of aromatic nitrogens is 1. The molecule has 23 heavy (non-hydrogen) atoms. The normalized spacial score (nSPS) is 16.2. The number of carbonyl (C=O) groups excluding carboxylic acids is 1. The Morgan fingerprint density at radius 2 is 1.91 bits per heavy atom. The number of aryl methyl sites for hydroxylation is 1. The Bertz CT molecular complexity index is 691. The molecule has 1 aromatic heterocycles. The van der Waals surface area contributed by atoms with Crippen molar-refractivity contribution in [2.75, 3.05) is 0 Å². The van der Waals surface area contributed by atoms with E-state index in [9.17, 15) is 4.79 Å². The van der Waals surface area contributed by atoms with Gasteiger partial charge in [-0.25, -0.2) is 0 Å². The van der Waals surface area contributed by atoms with E-state index in [0.717, 1.165) is 24.2 Å². The Morgan fingerprint density at radius 3 is 2.48 bits per heavy atom. The predicted molar refractivity (Wildman–Crippen MR) is 89.3 cm³/mol. The van der Waals surface area contributed by atoms with E-state index < -0.39 is 0 Å². The molecule has 1 atom stereocenters. The van der Waals surface area contributed by atoms with Crippen molar-refractivity contribution in [3.05, 3.63) is 52.9 Å². The van der Waals surface area contributed by atoms with Gasteiger partial charge in [0.05, 0.1) is 6.04 Å². The highest BCUT2D eigenvalue weighted by molar-refractivity contribution is 5.92. The van der Waals surface area contributed by atoms with E-state index >= 15 is 0 Å². The van der Waals surface area contributed by atoms with Crippen molar-refractivity contribution in [2.24, 2.45) is 5.41 Å². The Labute approximate surface area is 137 Å². The summed E-state index contributed by atoms with van der Waals surface area (Å²) in [5.41, 5.74) is 2.57. The van der Waals surface area contributed by atoms with Crippen molar-refractivity contribution < 1.29 is 9.32 Å². The van der Waals surface area contributed by atoms with Crippen LogP contribution in [0.4, 0.5) is 0 Å². The van der Waals surface area contributed by atoms with Gasteiger partial charge in [0.15, 0.2) is 5.69 Å². The second-order valence-electron chi connectivity index (χ2n) is 7.57. The van der Waals surface area contributed by atoms with Crippen molar-refractivity contribution in [1.82, 2.24) is 10.5 Å². The third-order valence-electron chi connectivity index (χ3n) is 4.29. The second kappa shape index (κ2) is 5.84. The van der Waals surface area contributed by atoms with Gasteiger partial charge < -0.3 is 9.84 Å². The molecule has 122 valence electrons. The summed E-state index contributed by atoms with van der Waals surface area (Å²) in [6.07, 6.45) is 2.26. The van der Waals surface area contributed by atoms with E-state index in [-0.39, 0.29) is 17.4 Å². The lowest BCUT2D eigenvalue weighted by Crippen LogP contribution is -2.36. The first-order valence-electron chi connectivity index (χ1n) is 8.18. The monoisotopic (exact) mass is 312 g/mol. The highest BCUT2D eigenvalue weighted by Crippen LogP contribution is 2.40. The number of nitrogens with one attached hydrogen (secondary N) is 1. The molecule has 0 saturated heterocycles. The van der Waals surface area contributed by atoms with E-state index in [1.54, 1.807) is 6.07 Å². The van der Waals surface area contributed by atoms with Crippen LogP contribution in [0.3, 0.4) is 0 Å². The molecule has 1 unspecified atom stereocenters. The molecule has 0 aliphatic heterocycles. The lowest BCUT2D eigenvalue weighted by Gasteiger charge is -2.31. The molecular weight excluding hydrogens is 288 g/mol. The van der Waals surface area contributed by atoms with Gasteiger partial charge in [0.1, 0.15) is 5.76 Å². The molecule has 1 saturated carbocycles. The summed E-state index contributed by atoms with van der Waals surface area (Å²) in [7, 11) is 0. The van der Waals surface area contributed by atoms with Crippen LogP contribution in [0.15, 0.2) is 34.9 Å². The van der Waals surface area contributed by atoms with Crippen LogP contribution < -0.4 is 5.32 Å². The average Bonchev–Trinajstić information content (AvgIpc) is 3.22. The molecule has 1 aromatic carbocycles. The average molecular weight is 312 g/mol. The minimum absolute atomic E-state index is 0.0864. The van der Waals surface area contributed by atoms with Crippen molar-refractivity contribution in [2.45, 2.75) is 52.5 Å². The van der Waals surface area contributed by atoms with Crippen LogP contribution in [0.2, 0.25) is 0 Å². The molecule has 0 radical (unpaired) electrons. The number of benzene rings is 1. The largest absolute Gasteiger partial charge is 0.360 e. The van der Waals surface area contributed by atoms with Gasteiger partial charge in [-0.05, 0) is 30.7 Å². The summed E-state index contributed by atoms with van der Waals surface area (Å²) in [6.45, 7) is 8.42. The maximum absolute atomic E-state index is 12.6. The zero-order valence-corrected chi connectivity index (χ0v) is 14.2. The smallest absolute Gasteiger partial charge is 0.273 e. The SMILES string of the molecule is Cc1ccc(C(NC(=O)c2cc(C3CC3)on2)C(C)(C)C)cc1. The topological polar surface area (TPSA) is 55.1 Å². The van der Waals surface area contributed by atoms with Crippen LogP contribution in [0.25, 0.3) is 0 Å². The minimum Gasteiger partial charge on any atom is -0.360 e. The first-order valence-corrected chi connectivity index (χ1v) is 8.18. The number of nitrogens with zero attached hydrogens (tertiary/aromatic N) is 1. The van der Waals surface area contributed by atoms with Gasteiger partial charge in [0.25, 0.3) is 5.91 Å². The first kappa shape index (κ1) is 15.8. The van der Waals surface area contributed by atoms with Crippen molar-refractivity contribution in [1.29, 1.82) is 0 Å². The Kier molecular flexibility index (Phi) is 4.00. The number of amides is 1. The van der Waals surface area contributed by atoms with Crippen molar-refractivity contribution in [3.63, 3.8) is 0 Å². The molecular formula is C19H24N2O2. The fraction of sp³-hybridized carbons (Fsp3) is 0.474. The fourth-order valence-corrected chi connectivity index (χ4v) is 2.72. The molecule has 0 spiro atoms. The minimum atomic E-state index is -0.179. The molecule has 1 amide bonds. The van der Waals surface area contributed by atoms with Crippen molar-refractivity contribution >= 4 is 5.91 Å². The van der Waals surface area contributed by atoms with E-state index in [1.807, 2.05) is 0 Å². The van der Waals surface area contributed by atoms with Crippen molar-refractivity contribution in [3.8, 4) is 0 Å². The van der Waals surface area contributed by atoms with Gasteiger partial charge >= 0.3 is 0 Å². The van der Waals surface area contributed by atoms with E-state index in [4.69, 9.17) is 4.52 Å². The molecule has 1 heterocycles. The van der Waals surface area contributed by atoms with Crippen LogP contribution in [0.5, 0.6) is 0 Å². The van der Waals surface area contributed by atoms with Gasteiger partial charge in [-0.1, -0.05) is 55.8 Å². The second-order valence-corrected chi connectivity index (χ2v) is 7.57. The van der Waals surface area contributed by atoms with Gasteiger partial charge in [0.2, 0.25) is 0 Å². The van der Waals surface area contributed by atoms with E-state index in [0.29, 0.717) is 11.6 Å². The standard InChI is InChI=1S/C19H24N2O2/c1-12-5-7-14(8-6-12)17(19(2,3)4)20-18(22)15-11-16(23-21-15)13-9-10-13/h5-8,11,13,17H,9-10H2,1-4H3,(H,20,22). The zero-order chi connectivity index (χ0) is 16.6. The maximum Gasteiger partial charge on any atom is 0.273 e. The molecule has 1 fully saturated rings. The number of rotatable bonds is 4. The summed E-state index contributed by atoms with van der Waals surface area (Å²) in [6, 6.07) is 9.98. The highest BCUT2D eigenvalue weighted by atomic mass is 16.5. The third-order valence-corrected chi connectivity index (χ3v) is 4.29. The molecule has 4 nitrogen and oxygen atoms in total. The molecule has 1 aliphatic carbocycles. The number of hydrogen-bond donors (Lipinski definition) is 1. The Hall–Kier alpha value is -2.10.